The Bertz CT molecular complexity index is 670. The van der Waals surface area contributed by atoms with E-state index in [-0.39, 0.29) is 24.0 Å². The summed E-state index contributed by atoms with van der Waals surface area (Å²) in [6.07, 6.45) is 6.67. The molecular formula is C15H19NO4S. The average Bonchev–Trinajstić information content (AvgIpc) is 2.84. The van der Waals surface area contributed by atoms with Crippen LogP contribution in [0, 0.1) is 6.92 Å². The summed E-state index contributed by atoms with van der Waals surface area (Å²) in [5.41, 5.74) is 0. The zero-order valence-electron chi connectivity index (χ0n) is 12.2. The normalized spacial score (nSPS) is 22.2. The van der Waals surface area contributed by atoms with Crippen LogP contribution < -0.4 is 0 Å². The van der Waals surface area contributed by atoms with Crippen LogP contribution in [0.25, 0.3) is 0 Å². The molecule has 21 heavy (non-hydrogen) atoms. The van der Waals surface area contributed by atoms with E-state index in [0.29, 0.717) is 11.5 Å². The summed E-state index contributed by atoms with van der Waals surface area (Å²) in [7, 11) is -3.15. The van der Waals surface area contributed by atoms with E-state index in [9.17, 15) is 13.2 Å². The summed E-state index contributed by atoms with van der Waals surface area (Å²) in [5, 5.41) is 0. The highest BCUT2D eigenvalue weighted by molar-refractivity contribution is 7.91. The molecule has 0 bridgehead atoms. The Morgan fingerprint density at radius 2 is 2.14 bits per heavy atom. The minimum Gasteiger partial charge on any atom is -0.464 e. The maximum absolute atomic E-state index is 12.2. The lowest BCUT2D eigenvalue weighted by Crippen LogP contribution is -2.45. The fourth-order valence-corrected chi connectivity index (χ4v) is 3.75. The number of furan rings is 1. The number of rotatable bonds is 3. The van der Waals surface area contributed by atoms with Crippen LogP contribution in [0.1, 0.15) is 24.5 Å². The van der Waals surface area contributed by atoms with Crippen molar-refractivity contribution < 1.29 is 17.6 Å². The molecular weight excluding hydrogens is 290 g/mol. The van der Waals surface area contributed by atoms with Crippen LogP contribution in [0.2, 0.25) is 0 Å². The summed E-state index contributed by atoms with van der Waals surface area (Å²) >= 11 is 0. The van der Waals surface area contributed by atoms with E-state index in [1.165, 1.54) is 6.08 Å². The van der Waals surface area contributed by atoms with Gasteiger partial charge in [-0.25, -0.2) is 8.42 Å². The van der Waals surface area contributed by atoms with Gasteiger partial charge in [0.1, 0.15) is 17.6 Å². The van der Waals surface area contributed by atoms with Crippen molar-refractivity contribution in [3.05, 3.63) is 48.0 Å². The maximum Gasteiger partial charge on any atom is 0.247 e. The molecule has 0 spiro atoms. The highest BCUT2D eigenvalue weighted by atomic mass is 32.2. The predicted molar refractivity (Wildman–Crippen MR) is 80.5 cm³/mol. The summed E-state index contributed by atoms with van der Waals surface area (Å²) < 4.78 is 29.2. The number of nitrogens with zero attached hydrogens (tertiary/aromatic N) is 1. The molecule has 6 heteroatoms. The topological polar surface area (TPSA) is 67.6 Å². The van der Waals surface area contributed by atoms with Crippen molar-refractivity contribution in [2.45, 2.75) is 19.9 Å². The predicted octanol–water partition coefficient (Wildman–Crippen LogP) is 2.02. The Balaban J connectivity index is 2.27. The number of carbonyl (C=O) groups is 1. The molecule has 1 aliphatic rings. The number of hydrogen-bond acceptors (Lipinski definition) is 4. The van der Waals surface area contributed by atoms with Crippen LogP contribution in [-0.4, -0.2) is 37.3 Å². The van der Waals surface area contributed by atoms with E-state index >= 15 is 0 Å². The van der Waals surface area contributed by atoms with Crippen LogP contribution in [-0.2, 0) is 14.6 Å². The highest BCUT2D eigenvalue weighted by Gasteiger charge is 2.36. The fourth-order valence-electron chi connectivity index (χ4n) is 2.28. The Morgan fingerprint density at radius 3 is 2.76 bits per heavy atom. The van der Waals surface area contributed by atoms with Crippen LogP contribution in [0.3, 0.4) is 0 Å². The lowest BCUT2D eigenvalue weighted by atomic mass is 10.2. The quantitative estimate of drug-likeness (QED) is 0.633. The minimum absolute atomic E-state index is 0.00755. The Kier molecular flexibility index (Phi) is 4.67. The van der Waals surface area contributed by atoms with E-state index in [1.807, 2.05) is 13.0 Å². The van der Waals surface area contributed by atoms with Crippen molar-refractivity contribution in [2.24, 2.45) is 0 Å². The van der Waals surface area contributed by atoms with Crippen molar-refractivity contribution in [2.75, 3.05) is 18.1 Å². The van der Waals surface area contributed by atoms with E-state index < -0.39 is 15.9 Å². The monoisotopic (exact) mass is 309 g/mol. The first kappa shape index (κ1) is 15.6. The highest BCUT2D eigenvalue weighted by Crippen LogP contribution is 2.28. The second kappa shape index (κ2) is 6.30. The standard InChI is InChI=1S/C15H19NO4S/c1-3-4-5-6-15(17)16-9-10-21(18,19)11-13(16)14-8-7-12(2)20-14/h3-8,13H,9-11H2,1-2H3/b4-3+,6-5+. The molecule has 2 heterocycles. The van der Waals surface area contributed by atoms with E-state index in [1.54, 1.807) is 36.1 Å². The first-order chi connectivity index (χ1) is 9.93. The van der Waals surface area contributed by atoms with Gasteiger partial charge in [-0.2, -0.15) is 0 Å². The molecule has 1 aromatic rings. The van der Waals surface area contributed by atoms with Gasteiger partial charge in [0.15, 0.2) is 9.84 Å². The lowest BCUT2D eigenvalue weighted by Gasteiger charge is -2.33. The van der Waals surface area contributed by atoms with Crippen LogP contribution in [0.15, 0.2) is 40.9 Å². The van der Waals surface area contributed by atoms with Gasteiger partial charge in [0.25, 0.3) is 0 Å². The third-order valence-corrected chi connectivity index (χ3v) is 4.97. The van der Waals surface area contributed by atoms with Gasteiger partial charge in [-0.05, 0) is 26.0 Å². The van der Waals surface area contributed by atoms with Gasteiger partial charge in [0.2, 0.25) is 5.91 Å². The van der Waals surface area contributed by atoms with Gasteiger partial charge >= 0.3 is 0 Å². The molecule has 1 aliphatic heterocycles. The number of carbonyl (C=O) groups excluding carboxylic acids is 1. The van der Waals surface area contributed by atoms with Gasteiger partial charge in [-0.1, -0.05) is 18.2 Å². The Labute approximate surface area is 124 Å². The van der Waals surface area contributed by atoms with Gasteiger partial charge in [0, 0.05) is 12.6 Å². The molecule has 0 N–H and O–H groups in total. The number of amides is 1. The second-order valence-corrected chi connectivity index (χ2v) is 7.22. The third-order valence-electron chi connectivity index (χ3n) is 3.35. The molecule has 1 fully saturated rings. The molecule has 1 atom stereocenters. The van der Waals surface area contributed by atoms with E-state index in [2.05, 4.69) is 0 Å². The summed E-state index contributed by atoms with van der Waals surface area (Å²) in [6.45, 7) is 3.83. The summed E-state index contributed by atoms with van der Waals surface area (Å²) in [6, 6.07) is 2.95. The molecule has 0 aromatic carbocycles. The molecule has 1 aromatic heterocycles. The number of aryl methyl sites for hydroxylation is 1. The molecule has 2 rings (SSSR count). The Morgan fingerprint density at radius 1 is 1.38 bits per heavy atom. The van der Waals surface area contributed by atoms with Crippen LogP contribution >= 0.6 is 0 Å². The average molecular weight is 309 g/mol. The van der Waals surface area contributed by atoms with Crippen molar-refractivity contribution >= 4 is 15.7 Å². The molecule has 114 valence electrons. The van der Waals surface area contributed by atoms with Crippen LogP contribution in [0.5, 0.6) is 0 Å². The molecule has 0 aliphatic carbocycles. The minimum atomic E-state index is -3.15. The molecule has 0 radical (unpaired) electrons. The van der Waals surface area contributed by atoms with Gasteiger partial charge in [-0.15, -0.1) is 0 Å². The van der Waals surface area contributed by atoms with Crippen molar-refractivity contribution in [3.8, 4) is 0 Å². The molecule has 5 nitrogen and oxygen atoms in total. The third kappa shape index (κ3) is 3.85. The zero-order chi connectivity index (χ0) is 15.5. The first-order valence-corrected chi connectivity index (χ1v) is 8.62. The summed E-state index contributed by atoms with van der Waals surface area (Å²) in [4.78, 5) is 13.8. The van der Waals surface area contributed by atoms with Crippen molar-refractivity contribution in [1.29, 1.82) is 0 Å². The number of hydrogen-bond donors (Lipinski definition) is 0. The Hall–Kier alpha value is -1.82. The molecule has 1 amide bonds. The van der Waals surface area contributed by atoms with Gasteiger partial charge in [0.05, 0.1) is 11.5 Å². The van der Waals surface area contributed by atoms with E-state index in [4.69, 9.17) is 4.42 Å². The number of allylic oxidation sites excluding steroid dienone is 3. The van der Waals surface area contributed by atoms with Gasteiger partial charge in [-0.3, -0.25) is 4.79 Å². The largest absolute Gasteiger partial charge is 0.464 e. The lowest BCUT2D eigenvalue weighted by molar-refractivity contribution is -0.128. The number of sulfone groups is 1. The van der Waals surface area contributed by atoms with Gasteiger partial charge < -0.3 is 9.32 Å². The first-order valence-electron chi connectivity index (χ1n) is 6.79. The maximum atomic E-state index is 12.2. The SMILES string of the molecule is C/C=C/C=C/C(=O)N1CCS(=O)(=O)CC1c1ccc(C)o1. The van der Waals surface area contributed by atoms with E-state index in [0.717, 1.165) is 0 Å². The second-order valence-electron chi connectivity index (χ2n) is 5.00. The zero-order valence-corrected chi connectivity index (χ0v) is 13.0. The van der Waals surface area contributed by atoms with Crippen molar-refractivity contribution in [1.82, 2.24) is 4.90 Å². The molecule has 1 saturated heterocycles. The van der Waals surface area contributed by atoms with Crippen molar-refractivity contribution in [3.63, 3.8) is 0 Å². The summed E-state index contributed by atoms with van der Waals surface area (Å²) in [5.74, 6) is 0.908. The molecule has 1 unspecified atom stereocenters. The smallest absolute Gasteiger partial charge is 0.247 e. The van der Waals surface area contributed by atoms with Crippen LogP contribution in [0.4, 0.5) is 0 Å². The molecule has 0 saturated carbocycles. The fraction of sp³-hybridized carbons (Fsp3) is 0.400.